The van der Waals surface area contributed by atoms with Crippen LogP contribution >= 0.6 is 11.6 Å². The van der Waals surface area contributed by atoms with E-state index in [1.807, 2.05) is 24.3 Å². The number of benzene rings is 2. The highest BCUT2D eigenvalue weighted by Gasteiger charge is 2.38. The van der Waals surface area contributed by atoms with E-state index in [0.717, 1.165) is 43.1 Å². The first-order chi connectivity index (χ1) is 13.1. The van der Waals surface area contributed by atoms with Gasteiger partial charge in [-0.05, 0) is 36.1 Å². The first-order valence-electron chi connectivity index (χ1n) is 9.38. The number of likely N-dealkylation sites (tertiary alicyclic amines) is 1. The van der Waals surface area contributed by atoms with E-state index in [0.29, 0.717) is 0 Å². The number of H-pyrrole nitrogens is 1. The van der Waals surface area contributed by atoms with Gasteiger partial charge in [-0.3, -0.25) is 9.69 Å². The van der Waals surface area contributed by atoms with Crippen LogP contribution in [0.3, 0.4) is 0 Å². The normalized spacial score (nSPS) is 17.1. The van der Waals surface area contributed by atoms with Crippen LogP contribution in [0.2, 0.25) is 5.02 Å². The van der Waals surface area contributed by atoms with Gasteiger partial charge in [0, 0.05) is 48.7 Å². The molecule has 1 saturated heterocycles. The molecule has 1 aliphatic rings. The molecule has 2 N–H and O–H groups in total. The van der Waals surface area contributed by atoms with Crippen molar-refractivity contribution in [3.05, 3.63) is 70.9 Å². The number of carbonyl (C=O) groups excluding carboxylic acids is 1. The number of carbonyl (C=O) groups is 1. The largest absolute Gasteiger partial charge is 0.361 e. The van der Waals surface area contributed by atoms with Gasteiger partial charge in [0.05, 0.1) is 5.54 Å². The fraction of sp³-hybridized carbons (Fsp3) is 0.318. The summed E-state index contributed by atoms with van der Waals surface area (Å²) in [5.74, 6) is -0.0139. The summed E-state index contributed by atoms with van der Waals surface area (Å²) in [5.41, 5.74) is 3.12. The molecule has 1 aliphatic heterocycles. The molecule has 1 amide bonds. The van der Waals surface area contributed by atoms with Gasteiger partial charge < -0.3 is 10.3 Å². The Balaban J connectivity index is 1.53. The molecule has 4 rings (SSSR count). The number of piperidine rings is 1. The average Bonchev–Trinajstić information content (AvgIpc) is 3.06. The maximum atomic E-state index is 11.9. The van der Waals surface area contributed by atoms with Gasteiger partial charge in [-0.1, -0.05) is 48.0 Å². The van der Waals surface area contributed by atoms with Gasteiger partial charge in [-0.15, -0.1) is 0 Å². The molecule has 0 unspecified atom stereocenters. The zero-order valence-corrected chi connectivity index (χ0v) is 16.2. The number of hydrogen-bond donors (Lipinski definition) is 2. The Bertz CT molecular complexity index is 957. The highest BCUT2D eigenvalue weighted by molar-refractivity contribution is 6.31. The fourth-order valence-electron chi connectivity index (χ4n) is 4.24. The van der Waals surface area contributed by atoms with Crippen LogP contribution in [0.4, 0.5) is 0 Å². The predicted molar refractivity (Wildman–Crippen MR) is 110 cm³/mol. The lowest BCUT2D eigenvalue weighted by Gasteiger charge is -2.43. The molecule has 3 aromatic rings. The van der Waals surface area contributed by atoms with Crippen molar-refractivity contribution < 1.29 is 4.79 Å². The topological polar surface area (TPSA) is 48.1 Å². The molecule has 27 heavy (non-hydrogen) atoms. The highest BCUT2D eigenvalue weighted by atomic mass is 35.5. The van der Waals surface area contributed by atoms with Crippen LogP contribution in [0.15, 0.2) is 54.7 Å². The van der Waals surface area contributed by atoms with Gasteiger partial charge in [-0.2, -0.15) is 0 Å². The third-order valence-electron chi connectivity index (χ3n) is 5.58. The van der Waals surface area contributed by atoms with Crippen LogP contribution in [0.5, 0.6) is 0 Å². The van der Waals surface area contributed by atoms with E-state index in [-0.39, 0.29) is 11.4 Å². The number of hydrogen-bond acceptors (Lipinski definition) is 2. The van der Waals surface area contributed by atoms with E-state index in [4.69, 9.17) is 11.6 Å². The number of rotatable bonds is 4. The summed E-state index contributed by atoms with van der Waals surface area (Å²) >= 11 is 6.48. The van der Waals surface area contributed by atoms with Crippen molar-refractivity contribution in [3.63, 3.8) is 0 Å². The summed E-state index contributed by atoms with van der Waals surface area (Å²) in [5, 5.41) is 5.20. The average molecular weight is 382 g/mol. The number of nitrogens with one attached hydrogen (secondary N) is 2. The number of fused-ring (bicyclic) bond motifs is 1. The van der Waals surface area contributed by atoms with Crippen LogP contribution in [0, 0.1) is 0 Å². The van der Waals surface area contributed by atoms with E-state index in [2.05, 4.69) is 45.7 Å². The monoisotopic (exact) mass is 381 g/mol. The summed E-state index contributed by atoms with van der Waals surface area (Å²) < 4.78 is 0. The SMILES string of the molecule is CC(=O)NC1(c2ccccc2Cl)CCN(Cc2c[nH]c3ccccc23)CC1. The quantitative estimate of drug-likeness (QED) is 0.701. The van der Waals surface area contributed by atoms with Gasteiger partial charge in [0.25, 0.3) is 0 Å². The summed E-state index contributed by atoms with van der Waals surface area (Å²) in [7, 11) is 0. The molecule has 0 atom stereocenters. The molecule has 0 spiro atoms. The fourth-order valence-corrected chi connectivity index (χ4v) is 4.56. The van der Waals surface area contributed by atoms with Crippen molar-refractivity contribution in [2.24, 2.45) is 0 Å². The van der Waals surface area contributed by atoms with Crippen molar-refractivity contribution >= 4 is 28.4 Å². The first-order valence-corrected chi connectivity index (χ1v) is 9.76. The lowest BCUT2D eigenvalue weighted by Crippen LogP contribution is -2.52. The smallest absolute Gasteiger partial charge is 0.217 e. The lowest BCUT2D eigenvalue weighted by atomic mass is 9.80. The van der Waals surface area contributed by atoms with E-state index < -0.39 is 0 Å². The van der Waals surface area contributed by atoms with E-state index in [9.17, 15) is 4.79 Å². The van der Waals surface area contributed by atoms with Gasteiger partial charge in [0.1, 0.15) is 0 Å². The minimum atomic E-state index is -0.388. The van der Waals surface area contributed by atoms with Crippen LogP contribution in [0.1, 0.15) is 30.9 Å². The molecule has 140 valence electrons. The van der Waals surface area contributed by atoms with Crippen LogP contribution in [-0.2, 0) is 16.9 Å². The highest BCUT2D eigenvalue weighted by Crippen LogP contribution is 2.37. The molecule has 1 aromatic heterocycles. The molecule has 5 heteroatoms. The van der Waals surface area contributed by atoms with Crippen molar-refractivity contribution in [3.8, 4) is 0 Å². The minimum absolute atomic E-state index is 0.0139. The number of nitrogens with zero attached hydrogens (tertiary/aromatic N) is 1. The minimum Gasteiger partial charge on any atom is -0.361 e. The molecule has 4 nitrogen and oxygen atoms in total. The van der Waals surface area contributed by atoms with Gasteiger partial charge in [-0.25, -0.2) is 0 Å². The first kappa shape index (κ1) is 18.1. The number of amides is 1. The molecular formula is C22H24ClN3O. The third-order valence-corrected chi connectivity index (χ3v) is 5.91. The van der Waals surface area contributed by atoms with Crippen LogP contribution in [0.25, 0.3) is 10.9 Å². The predicted octanol–water partition coefficient (Wildman–Crippen LogP) is 4.45. The van der Waals surface area contributed by atoms with Crippen molar-refractivity contribution in [2.75, 3.05) is 13.1 Å². The van der Waals surface area contributed by atoms with Gasteiger partial charge >= 0.3 is 0 Å². The number of aromatic amines is 1. The van der Waals surface area contributed by atoms with Gasteiger partial charge in [0.2, 0.25) is 5.91 Å². The number of para-hydroxylation sites is 1. The Labute approximate surface area is 164 Å². The third kappa shape index (κ3) is 3.60. The molecule has 0 radical (unpaired) electrons. The Morgan fingerprint density at radius 2 is 1.85 bits per heavy atom. The molecule has 2 aromatic carbocycles. The van der Waals surface area contributed by atoms with Crippen LogP contribution in [-0.4, -0.2) is 28.9 Å². The summed E-state index contributed by atoms with van der Waals surface area (Å²) in [4.78, 5) is 17.7. The second kappa shape index (κ2) is 7.37. The van der Waals surface area contributed by atoms with Crippen LogP contribution < -0.4 is 5.32 Å². The van der Waals surface area contributed by atoms with E-state index >= 15 is 0 Å². The van der Waals surface area contributed by atoms with Crippen molar-refractivity contribution in [2.45, 2.75) is 31.8 Å². The van der Waals surface area contributed by atoms with E-state index in [1.165, 1.54) is 16.5 Å². The van der Waals surface area contributed by atoms with E-state index in [1.54, 1.807) is 6.92 Å². The Morgan fingerprint density at radius 3 is 2.59 bits per heavy atom. The van der Waals surface area contributed by atoms with Gasteiger partial charge in [0.15, 0.2) is 0 Å². The number of aromatic nitrogens is 1. The summed E-state index contributed by atoms with van der Waals surface area (Å²) in [6, 6.07) is 16.3. The maximum Gasteiger partial charge on any atom is 0.217 e. The summed E-state index contributed by atoms with van der Waals surface area (Å²) in [6.07, 6.45) is 3.80. The Hall–Kier alpha value is -2.30. The van der Waals surface area contributed by atoms with Crippen molar-refractivity contribution in [1.82, 2.24) is 15.2 Å². The maximum absolute atomic E-state index is 11.9. The lowest BCUT2D eigenvalue weighted by molar-refractivity contribution is -0.121. The second-order valence-corrected chi connectivity index (χ2v) is 7.79. The molecule has 0 bridgehead atoms. The Morgan fingerprint density at radius 1 is 1.15 bits per heavy atom. The standard InChI is InChI=1S/C22H24ClN3O/c1-16(27)25-22(19-7-3-4-8-20(19)23)10-12-26(13-11-22)15-17-14-24-21-9-5-2-6-18(17)21/h2-9,14,24H,10-13,15H2,1H3,(H,25,27). The molecule has 0 aliphatic carbocycles. The zero-order chi connectivity index (χ0) is 18.9. The molecule has 1 fully saturated rings. The molecular weight excluding hydrogens is 358 g/mol. The van der Waals surface area contributed by atoms with Crippen molar-refractivity contribution in [1.29, 1.82) is 0 Å². The Kier molecular flexibility index (Phi) is 4.94. The zero-order valence-electron chi connectivity index (χ0n) is 15.5. The molecule has 2 heterocycles. The second-order valence-electron chi connectivity index (χ2n) is 7.38. The molecule has 0 saturated carbocycles. The number of halogens is 1. The summed E-state index contributed by atoms with van der Waals surface area (Å²) in [6.45, 7) is 4.30.